The molecule has 1 aromatic heterocycles. The fourth-order valence-electron chi connectivity index (χ4n) is 1.95. The number of rotatable bonds is 3. The molecule has 0 bridgehead atoms. The van der Waals surface area contributed by atoms with E-state index in [0.717, 1.165) is 11.1 Å². The van der Waals surface area contributed by atoms with Crippen molar-refractivity contribution in [3.63, 3.8) is 0 Å². The van der Waals surface area contributed by atoms with E-state index in [1.54, 1.807) is 0 Å². The molecule has 0 radical (unpaired) electrons. The van der Waals surface area contributed by atoms with Gasteiger partial charge in [-0.25, -0.2) is 4.79 Å². The summed E-state index contributed by atoms with van der Waals surface area (Å²) in [6.07, 6.45) is 0. The topological polar surface area (TPSA) is 52.3 Å². The predicted octanol–water partition coefficient (Wildman–Crippen LogP) is 3.91. The van der Waals surface area contributed by atoms with Crippen molar-refractivity contribution in [2.45, 2.75) is 19.8 Å². The minimum absolute atomic E-state index is 0.387. The number of benzene rings is 1. The zero-order valence-electron chi connectivity index (χ0n) is 11.3. The second-order valence-electron chi connectivity index (χ2n) is 4.66. The van der Waals surface area contributed by atoms with Crippen LogP contribution < -0.4 is 5.73 Å². The Morgan fingerprint density at radius 2 is 1.89 bits per heavy atom. The van der Waals surface area contributed by atoms with Crippen LogP contribution in [0, 0.1) is 0 Å². The lowest BCUT2D eigenvalue weighted by Crippen LogP contribution is -2.04. The van der Waals surface area contributed by atoms with E-state index in [4.69, 9.17) is 10.5 Å². The minimum Gasteiger partial charge on any atom is -0.465 e. The third kappa shape index (κ3) is 2.63. The highest BCUT2D eigenvalue weighted by Gasteiger charge is 2.19. The first-order valence-electron chi connectivity index (χ1n) is 6.10. The molecule has 2 N–H and O–H groups in total. The van der Waals surface area contributed by atoms with Crippen LogP contribution in [0.5, 0.6) is 0 Å². The Morgan fingerprint density at radius 1 is 1.26 bits per heavy atom. The van der Waals surface area contributed by atoms with Crippen LogP contribution in [-0.2, 0) is 4.74 Å². The van der Waals surface area contributed by atoms with Gasteiger partial charge >= 0.3 is 5.97 Å². The van der Waals surface area contributed by atoms with E-state index >= 15 is 0 Å². The molecule has 19 heavy (non-hydrogen) atoms. The fraction of sp³-hybridized carbons (Fsp3) is 0.267. The van der Waals surface area contributed by atoms with Gasteiger partial charge in [-0.3, -0.25) is 0 Å². The molecule has 0 aliphatic heterocycles. The van der Waals surface area contributed by atoms with Gasteiger partial charge in [-0.2, -0.15) is 0 Å². The van der Waals surface area contributed by atoms with Crippen molar-refractivity contribution >= 4 is 22.3 Å². The van der Waals surface area contributed by atoms with E-state index in [9.17, 15) is 4.79 Å². The van der Waals surface area contributed by atoms with Crippen LogP contribution >= 0.6 is 11.3 Å². The van der Waals surface area contributed by atoms with Crippen LogP contribution in [0.4, 0.5) is 5.00 Å². The molecule has 0 aliphatic carbocycles. The summed E-state index contributed by atoms with van der Waals surface area (Å²) in [5, 5.41) is 2.39. The summed E-state index contributed by atoms with van der Waals surface area (Å²) in [6, 6.07) is 8.19. The number of nitrogens with two attached hydrogens (primary N) is 1. The quantitative estimate of drug-likeness (QED) is 0.864. The monoisotopic (exact) mass is 275 g/mol. The number of esters is 1. The van der Waals surface area contributed by atoms with Crippen LogP contribution in [0.2, 0.25) is 0 Å². The van der Waals surface area contributed by atoms with Gasteiger partial charge in [0.2, 0.25) is 0 Å². The molecule has 4 heteroatoms. The normalized spacial score (nSPS) is 10.7. The Morgan fingerprint density at radius 3 is 2.42 bits per heavy atom. The Bertz CT molecular complexity index is 585. The average Bonchev–Trinajstić information content (AvgIpc) is 2.80. The number of ether oxygens (including phenoxy) is 1. The molecule has 1 aromatic carbocycles. The van der Waals surface area contributed by atoms with Crippen molar-refractivity contribution < 1.29 is 9.53 Å². The lowest BCUT2D eigenvalue weighted by Gasteiger charge is -2.07. The van der Waals surface area contributed by atoms with Gasteiger partial charge in [0.1, 0.15) is 10.6 Å². The van der Waals surface area contributed by atoms with Crippen LogP contribution in [0.25, 0.3) is 11.1 Å². The minimum atomic E-state index is -0.387. The first-order chi connectivity index (χ1) is 9.04. The Kier molecular flexibility index (Phi) is 3.90. The zero-order valence-corrected chi connectivity index (χ0v) is 12.1. The highest BCUT2D eigenvalue weighted by Crippen LogP contribution is 2.34. The maximum Gasteiger partial charge on any atom is 0.341 e. The first-order valence-corrected chi connectivity index (χ1v) is 6.98. The Hall–Kier alpha value is -1.81. The Balaban J connectivity index is 2.45. The third-order valence-corrected chi connectivity index (χ3v) is 3.91. The summed E-state index contributed by atoms with van der Waals surface area (Å²) in [5.41, 5.74) is 9.41. The van der Waals surface area contributed by atoms with Crippen molar-refractivity contribution in [2.75, 3.05) is 12.8 Å². The van der Waals surface area contributed by atoms with Crippen LogP contribution in [0.3, 0.4) is 0 Å². The van der Waals surface area contributed by atoms with Gasteiger partial charge in [-0.05, 0) is 17.0 Å². The average molecular weight is 275 g/mol. The lowest BCUT2D eigenvalue weighted by molar-refractivity contribution is 0.0603. The predicted molar refractivity (Wildman–Crippen MR) is 79.6 cm³/mol. The molecule has 100 valence electrons. The summed E-state index contributed by atoms with van der Waals surface area (Å²) in [7, 11) is 1.37. The molecule has 0 spiro atoms. The molecule has 0 saturated carbocycles. The molecule has 0 amide bonds. The first kappa shape index (κ1) is 13.6. The van der Waals surface area contributed by atoms with Crippen LogP contribution in [-0.4, -0.2) is 13.1 Å². The van der Waals surface area contributed by atoms with Crippen molar-refractivity contribution in [1.29, 1.82) is 0 Å². The number of methoxy groups -OCH3 is 1. The largest absolute Gasteiger partial charge is 0.465 e. The smallest absolute Gasteiger partial charge is 0.341 e. The maximum absolute atomic E-state index is 11.8. The fourth-order valence-corrected chi connectivity index (χ4v) is 2.76. The molecule has 1 heterocycles. The molecule has 0 fully saturated rings. The van der Waals surface area contributed by atoms with Gasteiger partial charge in [0.25, 0.3) is 0 Å². The molecule has 0 saturated heterocycles. The van der Waals surface area contributed by atoms with E-state index in [2.05, 4.69) is 26.0 Å². The lowest BCUT2D eigenvalue weighted by atomic mass is 9.98. The number of nitrogen functional groups attached to an aromatic ring is 1. The van der Waals surface area contributed by atoms with Gasteiger partial charge < -0.3 is 10.5 Å². The van der Waals surface area contributed by atoms with Crippen molar-refractivity contribution in [3.05, 3.63) is 40.8 Å². The third-order valence-electron chi connectivity index (χ3n) is 3.10. The summed E-state index contributed by atoms with van der Waals surface area (Å²) < 4.78 is 4.79. The van der Waals surface area contributed by atoms with E-state index in [0.29, 0.717) is 16.5 Å². The van der Waals surface area contributed by atoms with E-state index in [1.165, 1.54) is 24.0 Å². The number of hydrogen-bond acceptors (Lipinski definition) is 4. The number of hydrogen-bond donors (Lipinski definition) is 1. The zero-order chi connectivity index (χ0) is 14.0. The van der Waals surface area contributed by atoms with E-state index in [1.807, 2.05) is 17.5 Å². The highest BCUT2D eigenvalue weighted by atomic mass is 32.1. The van der Waals surface area contributed by atoms with Crippen molar-refractivity contribution in [1.82, 2.24) is 0 Å². The molecule has 3 nitrogen and oxygen atoms in total. The molecular weight excluding hydrogens is 258 g/mol. The van der Waals surface area contributed by atoms with Gasteiger partial charge in [-0.1, -0.05) is 38.1 Å². The number of thiophene rings is 1. The van der Waals surface area contributed by atoms with Gasteiger partial charge in [0, 0.05) is 10.9 Å². The van der Waals surface area contributed by atoms with Crippen LogP contribution in [0.15, 0.2) is 29.6 Å². The number of carbonyl (C=O) groups excluding carboxylic acids is 1. The molecule has 0 aliphatic rings. The molecule has 0 atom stereocenters. The summed E-state index contributed by atoms with van der Waals surface area (Å²) in [6.45, 7) is 4.30. The molecule has 0 unspecified atom stereocenters. The van der Waals surface area contributed by atoms with Gasteiger partial charge in [0.15, 0.2) is 0 Å². The summed E-state index contributed by atoms with van der Waals surface area (Å²) >= 11 is 1.36. The maximum atomic E-state index is 11.8. The van der Waals surface area contributed by atoms with E-state index < -0.39 is 0 Å². The Labute approximate surface area is 117 Å². The summed E-state index contributed by atoms with van der Waals surface area (Å²) in [5.74, 6) is 0.100. The van der Waals surface area contributed by atoms with Gasteiger partial charge in [-0.15, -0.1) is 11.3 Å². The summed E-state index contributed by atoms with van der Waals surface area (Å²) in [4.78, 5) is 11.8. The molecule has 2 aromatic rings. The highest BCUT2D eigenvalue weighted by molar-refractivity contribution is 7.14. The second-order valence-corrected chi connectivity index (χ2v) is 5.57. The SMILES string of the molecule is COC(=O)c1c(-c2ccc(C(C)C)cc2)csc1N. The number of anilines is 1. The van der Waals surface area contributed by atoms with E-state index in [-0.39, 0.29) is 5.97 Å². The van der Waals surface area contributed by atoms with Crippen molar-refractivity contribution in [3.8, 4) is 11.1 Å². The van der Waals surface area contributed by atoms with Crippen molar-refractivity contribution in [2.24, 2.45) is 0 Å². The molecule has 2 rings (SSSR count). The standard InChI is InChI=1S/C15H17NO2S/c1-9(2)10-4-6-11(7-5-10)12-8-19-14(16)13(12)15(17)18-3/h4-9H,16H2,1-3H3. The van der Waals surface area contributed by atoms with Crippen LogP contribution in [0.1, 0.15) is 35.7 Å². The second kappa shape index (κ2) is 5.45. The van der Waals surface area contributed by atoms with Gasteiger partial charge in [0.05, 0.1) is 7.11 Å². The molecular formula is C15H17NO2S. The number of carbonyl (C=O) groups is 1.